The molecule has 0 atom stereocenters. The number of primary amides is 1. The van der Waals surface area contributed by atoms with E-state index in [0.717, 1.165) is 26.2 Å². The second-order valence-electron chi connectivity index (χ2n) is 3.96. The van der Waals surface area contributed by atoms with E-state index in [-0.39, 0.29) is 17.9 Å². The van der Waals surface area contributed by atoms with Crippen LogP contribution in [-0.2, 0) is 14.6 Å². The normalized spacial score (nSPS) is 18.5. The van der Waals surface area contributed by atoms with Gasteiger partial charge in [0.05, 0.1) is 11.5 Å². The fraction of sp³-hybridized carbons (Fsp3) is 0.889. The second kappa shape index (κ2) is 6.17. The summed E-state index contributed by atoms with van der Waals surface area (Å²) in [6.07, 6.45) is -0.0795. The fourth-order valence-electron chi connectivity index (χ4n) is 1.56. The molecule has 1 aliphatic heterocycles. The van der Waals surface area contributed by atoms with E-state index < -0.39 is 15.7 Å². The molecule has 7 heteroatoms. The molecule has 94 valence electrons. The van der Waals surface area contributed by atoms with Gasteiger partial charge in [0.1, 0.15) is 0 Å². The van der Waals surface area contributed by atoms with E-state index in [1.807, 2.05) is 0 Å². The van der Waals surface area contributed by atoms with E-state index in [1.165, 1.54) is 0 Å². The van der Waals surface area contributed by atoms with Gasteiger partial charge in [0, 0.05) is 39.1 Å². The van der Waals surface area contributed by atoms with Gasteiger partial charge in [-0.15, -0.1) is 0 Å². The maximum absolute atomic E-state index is 11.5. The van der Waals surface area contributed by atoms with Crippen molar-refractivity contribution in [1.29, 1.82) is 0 Å². The number of nitrogens with zero attached hydrogens (tertiary/aromatic N) is 1. The molecule has 1 fully saturated rings. The summed E-state index contributed by atoms with van der Waals surface area (Å²) < 4.78 is 23.1. The number of piperazine rings is 1. The highest BCUT2D eigenvalue weighted by Crippen LogP contribution is 1.98. The maximum Gasteiger partial charge on any atom is 0.218 e. The lowest BCUT2D eigenvalue weighted by Gasteiger charge is -2.26. The van der Waals surface area contributed by atoms with Crippen LogP contribution in [0.15, 0.2) is 0 Å². The van der Waals surface area contributed by atoms with Crippen molar-refractivity contribution >= 4 is 15.7 Å². The van der Waals surface area contributed by atoms with Crippen LogP contribution in [0.3, 0.4) is 0 Å². The van der Waals surface area contributed by atoms with Crippen molar-refractivity contribution in [2.45, 2.75) is 6.42 Å². The Bertz CT molecular complexity index is 323. The summed E-state index contributed by atoms with van der Waals surface area (Å²) in [6, 6.07) is 0. The summed E-state index contributed by atoms with van der Waals surface area (Å²) >= 11 is 0. The van der Waals surface area contributed by atoms with Gasteiger partial charge in [0.2, 0.25) is 5.91 Å². The summed E-state index contributed by atoms with van der Waals surface area (Å²) in [4.78, 5) is 12.6. The van der Waals surface area contributed by atoms with Crippen LogP contribution in [0.25, 0.3) is 0 Å². The number of nitrogens with one attached hydrogen (secondary N) is 1. The Hall–Kier alpha value is -0.660. The Morgan fingerprint density at radius 1 is 1.25 bits per heavy atom. The van der Waals surface area contributed by atoms with Crippen LogP contribution in [0.5, 0.6) is 0 Å². The highest BCUT2D eigenvalue weighted by molar-refractivity contribution is 7.91. The largest absolute Gasteiger partial charge is 0.370 e. The van der Waals surface area contributed by atoms with E-state index in [2.05, 4.69) is 10.2 Å². The molecule has 0 aliphatic carbocycles. The highest BCUT2D eigenvalue weighted by Gasteiger charge is 2.16. The van der Waals surface area contributed by atoms with Gasteiger partial charge in [0.25, 0.3) is 0 Å². The highest BCUT2D eigenvalue weighted by atomic mass is 32.2. The molecule has 0 unspecified atom stereocenters. The minimum absolute atomic E-state index is 0.0795. The first-order valence-electron chi connectivity index (χ1n) is 5.41. The lowest BCUT2D eigenvalue weighted by Crippen LogP contribution is -2.45. The zero-order valence-corrected chi connectivity index (χ0v) is 10.1. The van der Waals surface area contributed by atoms with Crippen LogP contribution in [0, 0.1) is 0 Å². The summed E-state index contributed by atoms with van der Waals surface area (Å²) in [6.45, 7) is 4.11. The van der Waals surface area contributed by atoms with E-state index >= 15 is 0 Å². The van der Waals surface area contributed by atoms with Crippen LogP contribution < -0.4 is 11.1 Å². The van der Waals surface area contributed by atoms with Gasteiger partial charge < -0.3 is 11.1 Å². The quantitative estimate of drug-likeness (QED) is 0.578. The van der Waals surface area contributed by atoms with E-state index in [0.29, 0.717) is 6.54 Å². The van der Waals surface area contributed by atoms with Crippen molar-refractivity contribution in [3.05, 3.63) is 0 Å². The molecule has 16 heavy (non-hydrogen) atoms. The predicted molar refractivity (Wildman–Crippen MR) is 61.8 cm³/mol. The van der Waals surface area contributed by atoms with E-state index in [4.69, 9.17) is 5.73 Å². The van der Waals surface area contributed by atoms with Crippen molar-refractivity contribution < 1.29 is 13.2 Å². The Labute approximate surface area is 96.1 Å². The number of sulfone groups is 1. The molecule has 0 bridgehead atoms. The van der Waals surface area contributed by atoms with Gasteiger partial charge in [-0.25, -0.2) is 8.42 Å². The number of carbonyl (C=O) groups excluding carboxylic acids is 1. The van der Waals surface area contributed by atoms with Gasteiger partial charge >= 0.3 is 0 Å². The third-order valence-electron chi connectivity index (χ3n) is 2.59. The third kappa shape index (κ3) is 5.43. The molecule has 1 amide bonds. The molecule has 1 aliphatic rings. The molecule has 0 aromatic heterocycles. The summed E-state index contributed by atoms with van der Waals surface area (Å²) in [7, 11) is -3.14. The number of carbonyl (C=O) groups is 1. The molecule has 0 radical (unpaired) electrons. The molecular formula is C9H19N3O3S. The molecule has 1 saturated heterocycles. The number of amides is 1. The molecule has 6 nitrogen and oxygen atoms in total. The molecule has 0 aromatic carbocycles. The van der Waals surface area contributed by atoms with Crippen LogP contribution in [-0.4, -0.2) is 63.5 Å². The zero-order valence-electron chi connectivity index (χ0n) is 9.31. The van der Waals surface area contributed by atoms with E-state index in [9.17, 15) is 13.2 Å². The average molecular weight is 249 g/mol. The topological polar surface area (TPSA) is 92.5 Å². The van der Waals surface area contributed by atoms with Crippen LogP contribution in [0.4, 0.5) is 0 Å². The number of hydrogen-bond donors (Lipinski definition) is 2. The molecule has 0 saturated carbocycles. The summed E-state index contributed by atoms with van der Waals surface area (Å²) in [5, 5.41) is 3.20. The summed E-state index contributed by atoms with van der Waals surface area (Å²) in [5.41, 5.74) is 4.92. The predicted octanol–water partition coefficient (Wildman–Crippen LogP) is -1.82. The van der Waals surface area contributed by atoms with Crippen molar-refractivity contribution in [1.82, 2.24) is 10.2 Å². The van der Waals surface area contributed by atoms with Crippen LogP contribution in [0.2, 0.25) is 0 Å². The van der Waals surface area contributed by atoms with Gasteiger partial charge in [0.15, 0.2) is 9.84 Å². The lowest BCUT2D eigenvalue weighted by atomic mass is 10.4. The Morgan fingerprint density at radius 2 is 1.88 bits per heavy atom. The average Bonchev–Trinajstić information content (AvgIpc) is 2.26. The molecule has 3 N–H and O–H groups in total. The van der Waals surface area contributed by atoms with Crippen molar-refractivity contribution in [2.75, 3.05) is 44.2 Å². The van der Waals surface area contributed by atoms with Crippen LogP contribution >= 0.6 is 0 Å². The van der Waals surface area contributed by atoms with Gasteiger partial charge in [-0.05, 0) is 0 Å². The Kier molecular flexibility index (Phi) is 5.17. The zero-order chi connectivity index (χ0) is 12.0. The summed E-state index contributed by atoms with van der Waals surface area (Å²) in [5.74, 6) is -0.583. The molecule has 0 spiro atoms. The first-order valence-corrected chi connectivity index (χ1v) is 7.23. The van der Waals surface area contributed by atoms with Crippen molar-refractivity contribution in [3.63, 3.8) is 0 Å². The fourth-order valence-corrected chi connectivity index (χ4v) is 2.81. The van der Waals surface area contributed by atoms with Gasteiger partial charge in [-0.2, -0.15) is 0 Å². The Morgan fingerprint density at radius 3 is 2.44 bits per heavy atom. The minimum atomic E-state index is -3.14. The Balaban J connectivity index is 2.26. The monoisotopic (exact) mass is 249 g/mol. The minimum Gasteiger partial charge on any atom is -0.370 e. The van der Waals surface area contributed by atoms with Crippen molar-refractivity contribution in [3.8, 4) is 0 Å². The standard InChI is InChI=1S/C9H19N3O3S/c10-9(13)1-7-16(14,15)8-6-12-4-2-11-3-5-12/h11H,1-8H2,(H2,10,13). The molecule has 1 heterocycles. The van der Waals surface area contributed by atoms with E-state index in [1.54, 1.807) is 0 Å². The van der Waals surface area contributed by atoms with Crippen molar-refractivity contribution in [2.24, 2.45) is 5.73 Å². The van der Waals surface area contributed by atoms with Gasteiger partial charge in [-0.1, -0.05) is 0 Å². The maximum atomic E-state index is 11.5. The number of rotatable bonds is 6. The van der Waals surface area contributed by atoms with Crippen LogP contribution in [0.1, 0.15) is 6.42 Å². The molecule has 0 aromatic rings. The number of nitrogens with two attached hydrogens (primary N) is 1. The first-order chi connectivity index (χ1) is 7.49. The first kappa shape index (κ1) is 13.4. The molecule has 1 rings (SSSR count). The number of hydrogen-bond acceptors (Lipinski definition) is 5. The molecular weight excluding hydrogens is 230 g/mol. The SMILES string of the molecule is NC(=O)CCS(=O)(=O)CCN1CCNCC1. The second-order valence-corrected chi connectivity index (χ2v) is 6.26. The third-order valence-corrected chi connectivity index (χ3v) is 4.22. The van der Waals surface area contributed by atoms with Gasteiger partial charge in [-0.3, -0.25) is 9.69 Å². The lowest BCUT2D eigenvalue weighted by molar-refractivity contribution is -0.117. The smallest absolute Gasteiger partial charge is 0.218 e.